The van der Waals surface area contributed by atoms with Crippen LogP contribution in [0.3, 0.4) is 0 Å². The quantitative estimate of drug-likeness (QED) is 0.712. The van der Waals surface area contributed by atoms with Gasteiger partial charge in [0, 0.05) is 33.1 Å². The van der Waals surface area contributed by atoms with Crippen molar-refractivity contribution in [3.8, 4) is 5.75 Å². The third kappa shape index (κ3) is 5.34. The molecule has 2 amide bonds. The molecule has 1 atom stereocenters. The number of carbonyl (C=O) groups is 2. The summed E-state index contributed by atoms with van der Waals surface area (Å²) in [5, 5.41) is 6.22. The van der Waals surface area contributed by atoms with Crippen LogP contribution in [0.5, 0.6) is 5.75 Å². The van der Waals surface area contributed by atoms with E-state index in [1.54, 1.807) is 14.2 Å². The first-order valence-corrected chi connectivity index (χ1v) is 10.5. The van der Waals surface area contributed by atoms with Gasteiger partial charge in [0.15, 0.2) is 0 Å². The summed E-state index contributed by atoms with van der Waals surface area (Å²) in [6.07, 6.45) is 2.95. The molecule has 166 valence electrons. The number of methoxy groups -OCH3 is 1. The molecule has 2 aromatic rings. The second-order valence-electron chi connectivity index (χ2n) is 9.27. The van der Waals surface area contributed by atoms with Crippen LogP contribution in [0.2, 0.25) is 0 Å². The molecule has 0 saturated heterocycles. The Balaban J connectivity index is 1.84. The lowest BCUT2D eigenvalue weighted by molar-refractivity contribution is -0.141. The molecule has 7 nitrogen and oxygen atoms in total. The van der Waals surface area contributed by atoms with Gasteiger partial charge in [-0.3, -0.25) is 9.59 Å². The van der Waals surface area contributed by atoms with Gasteiger partial charge in [0.25, 0.3) is 5.91 Å². The highest BCUT2D eigenvalue weighted by Gasteiger charge is 2.34. The smallest absolute Gasteiger partial charge is 0.262 e. The first-order chi connectivity index (χ1) is 14.6. The third-order valence-electron chi connectivity index (χ3n) is 5.39. The number of nitrogens with zero attached hydrogens (tertiary/aromatic N) is 4. The fraction of sp³-hybridized carbons (Fsp3) is 0.458. The molecule has 0 bridgehead atoms. The van der Waals surface area contributed by atoms with E-state index in [0.717, 1.165) is 22.7 Å². The maximum absolute atomic E-state index is 13.2. The standard InChI is InChI=1S/C24H32N4O3/c1-24(2,3)15-22(29)27(5)16-23(30)28-21(17-9-11-18(31-6)12-10-17)14-19(25-28)20-8-7-13-26(20)4/h7-13,21H,14-16H2,1-6H3/t21-/m1/s1. The summed E-state index contributed by atoms with van der Waals surface area (Å²) in [6.45, 7) is 6.02. The Kier molecular flexibility index (Phi) is 6.53. The van der Waals surface area contributed by atoms with Crippen LogP contribution in [0.15, 0.2) is 47.7 Å². The monoisotopic (exact) mass is 424 g/mol. The topological polar surface area (TPSA) is 67.1 Å². The first-order valence-electron chi connectivity index (χ1n) is 10.5. The Bertz CT molecular complexity index is 969. The van der Waals surface area contributed by atoms with Crippen molar-refractivity contribution in [2.45, 2.75) is 39.7 Å². The van der Waals surface area contributed by atoms with Gasteiger partial charge in [0.2, 0.25) is 5.91 Å². The van der Waals surface area contributed by atoms with Gasteiger partial charge in [0.1, 0.15) is 12.3 Å². The van der Waals surface area contributed by atoms with Crippen molar-refractivity contribution >= 4 is 17.5 Å². The van der Waals surface area contributed by atoms with E-state index >= 15 is 0 Å². The number of aromatic nitrogens is 1. The first kappa shape index (κ1) is 22.6. The van der Waals surface area contributed by atoms with Gasteiger partial charge in [-0.2, -0.15) is 5.10 Å². The molecule has 0 fully saturated rings. The second kappa shape index (κ2) is 8.96. The molecule has 0 spiro atoms. The Labute approximate surface area is 184 Å². The summed E-state index contributed by atoms with van der Waals surface area (Å²) < 4.78 is 7.26. The van der Waals surface area contributed by atoms with E-state index < -0.39 is 0 Å². The Morgan fingerprint density at radius 3 is 2.42 bits per heavy atom. The zero-order valence-electron chi connectivity index (χ0n) is 19.3. The van der Waals surface area contributed by atoms with Crippen LogP contribution in [0, 0.1) is 5.41 Å². The van der Waals surface area contributed by atoms with Crippen molar-refractivity contribution in [3.63, 3.8) is 0 Å². The molecule has 2 heterocycles. The number of rotatable bonds is 6. The lowest BCUT2D eigenvalue weighted by atomic mass is 9.92. The van der Waals surface area contributed by atoms with Gasteiger partial charge < -0.3 is 14.2 Å². The van der Waals surface area contributed by atoms with Crippen LogP contribution in [-0.4, -0.2) is 52.7 Å². The average Bonchev–Trinajstić information content (AvgIpc) is 3.32. The fourth-order valence-electron chi connectivity index (χ4n) is 3.69. The summed E-state index contributed by atoms with van der Waals surface area (Å²) >= 11 is 0. The molecular weight excluding hydrogens is 392 g/mol. The van der Waals surface area contributed by atoms with Crippen molar-refractivity contribution in [1.82, 2.24) is 14.5 Å². The number of aryl methyl sites for hydroxylation is 1. The normalized spacial score (nSPS) is 16.3. The van der Waals surface area contributed by atoms with Gasteiger partial charge in [-0.1, -0.05) is 32.9 Å². The van der Waals surface area contributed by atoms with Crippen LogP contribution in [-0.2, 0) is 16.6 Å². The van der Waals surface area contributed by atoms with Gasteiger partial charge in [-0.15, -0.1) is 0 Å². The van der Waals surface area contributed by atoms with E-state index in [1.807, 2.05) is 75.0 Å². The Morgan fingerprint density at radius 2 is 1.87 bits per heavy atom. The molecule has 3 rings (SSSR count). The molecule has 7 heteroatoms. The minimum Gasteiger partial charge on any atom is -0.497 e. The summed E-state index contributed by atoms with van der Waals surface area (Å²) in [4.78, 5) is 27.2. The van der Waals surface area contributed by atoms with Gasteiger partial charge >= 0.3 is 0 Å². The SMILES string of the molecule is COc1ccc([C@H]2CC(c3cccn3C)=NN2C(=O)CN(C)C(=O)CC(C)(C)C)cc1. The van der Waals surface area contributed by atoms with Crippen molar-refractivity contribution in [3.05, 3.63) is 53.9 Å². The maximum Gasteiger partial charge on any atom is 0.262 e. The molecule has 1 aliphatic rings. The summed E-state index contributed by atoms with van der Waals surface area (Å²) in [6, 6.07) is 11.4. The summed E-state index contributed by atoms with van der Waals surface area (Å²) in [7, 11) is 5.26. The molecule has 0 unspecified atom stereocenters. The number of hydrogen-bond donors (Lipinski definition) is 0. The highest BCUT2D eigenvalue weighted by Crippen LogP contribution is 2.33. The fourth-order valence-corrected chi connectivity index (χ4v) is 3.69. The number of hydrogen-bond acceptors (Lipinski definition) is 4. The summed E-state index contributed by atoms with van der Waals surface area (Å²) in [5.41, 5.74) is 2.67. The number of amides is 2. The van der Waals surface area contributed by atoms with Crippen LogP contribution in [0.4, 0.5) is 0 Å². The Hall–Kier alpha value is -3.09. The number of ether oxygens (including phenoxy) is 1. The maximum atomic E-state index is 13.2. The number of carbonyl (C=O) groups excluding carboxylic acids is 2. The predicted octanol–water partition coefficient (Wildman–Crippen LogP) is 3.61. The third-order valence-corrected chi connectivity index (χ3v) is 5.39. The number of likely N-dealkylation sites (N-methyl/N-ethyl adjacent to an activating group) is 1. The molecule has 0 N–H and O–H groups in total. The molecule has 0 aliphatic carbocycles. The molecule has 31 heavy (non-hydrogen) atoms. The van der Waals surface area contributed by atoms with Crippen molar-refractivity contribution < 1.29 is 14.3 Å². The molecule has 1 aromatic carbocycles. The Morgan fingerprint density at radius 1 is 1.19 bits per heavy atom. The minimum atomic E-state index is -0.227. The lowest BCUT2D eigenvalue weighted by Gasteiger charge is -2.26. The van der Waals surface area contributed by atoms with Gasteiger partial charge in [-0.25, -0.2) is 5.01 Å². The van der Waals surface area contributed by atoms with E-state index in [-0.39, 0.29) is 29.8 Å². The van der Waals surface area contributed by atoms with E-state index in [0.29, 0.717) is 12.8 Å². The second-order valence-corrected chi connectivity index (χ2v) is 9.27. The van der Waals surface area contributed by atoms with Crippen LogP contribution in [0.25, 0.3) is 0 Å². The highest BCUT2D eigenvalue weighted by molar-refractivity contribution is 6.02. The van der Waals surface area contributed by atoms with Crippen LogP contribution >= 0.6 is 0 Å². The largest absolute Gasteiger partial charge is 0.497 e. The van der Waals surface area contributed by atoms with Crippen molar-refractivity contribution in [2.75, 3.05) is 20.7 Å². The highest BCUT2D eigenvalue weighted by atomic mass is 16.5. The number of hydrazone groups is 1. The molecular formula is C24H32N4O3. The predicted molar refractivity (Wildman–Crippen MR) is 121 cm³/mol. The molecule has 0 saturated carbocycles. The minimum absolute atomic E-state index is 0.00845. The van der Waals surface area contributed by atoms with Crippen LogP contribution < -0.4 is 4.74 Å². The van der Waals surface area contributed by atoms with E-state index in [2.05, 4.69) is 5.10 Å². The van der Waals surface area contributed by atoms with E-state index in [9.17, 15) is 9.59 Å². The summed E-state index contributed by atoms with van der Waals surface area (Å²) in [5.74, 6) is 0.512. The molecule has 0 radical (unpaired) electrons. The van der Waals surface area contributed by atoms with Crippen molar-refractivity contribution in [2.24, 2.45) is 17.6 Å². The zero-order chi connectivity index (χ0) is 22.8. The number of benzene rings is 1. The zero-order valence-corrected chi connectivity index (χ0v) is 19.3. The van der Waals surface area contributed by atoms with Crippen molar-refractivity contribution in [1.29, 1.82) is 0 Å². The van der Waals surface area contributed by atoms with Crippen LogP contribution in [0.1, 0.15) is 50.9 Å². The molecule has 1 aliphatic heterocycles. The van der Waals surface area contributed by atoms with Gasteiger partial charge in [0.05, 0.1) is 24.6 Å². The van der Waals surface area contributed by atoms with E-state index in [1.165, 1.54) is 9.91 Å². The van der Waals surface area contributed by atoms with Gasteiger partial charge in [-0.05, 0) is 35.2 Å². The molecule has 1 aromatic heterocycles. The average molecular weight is 425 g/mol. The lowest BCUT2D eigenvalue weighted by Crippen LogP contribution is -2.40. The van der Waals surface area contributed by atoms with E-state index in [4.69, 9.17) is 4.74 Å².